The van der Waals surface area contributed by atoms with Crippen molar-refractivity contribution in [3.8, 4) is 0 Å². The Morgan fingerprint density at radius 3 is 2.25 bits per heavy atom. The maximum atomic E-state index is 13.0. The van der Waals surface area contributed by atoms with E-state index < -0.39 is 40.3 Å². The Hall–Kier alpha value is -2.53. The molecule has 1 aromatic carbocycles. The molecule has 0 spiro atoms. The van der Waals surface area contributed by atoms with Gasteiger partial charge in [-0.1, -0.05) is 0 Å². The maximum absolute atomic E-state index is 13.0. The summed E-state index contributed by atoms with van der Waals surface area (Å²) in [5.41, 5.74) is 0.151. The van der Waals surface area contributed by atoms with Crippen LogP contribution in [-0.4, -0.2) is 79.2 Å². The first-order valence-electron chi connectivity index (χ1n) is 8.67. The fourth-order valence-electron chi connectivity index (χ4n) is 2.86. The van der Waals surface area contributed by atoms with E-state index in [0.717, 1.165) is 12.1 Å². The number of nitrogens with zero attached hydrogens (tertiary/aromatic N) is 2. The second kappa shape index (κ2) is 10.1. The van der Waals surface area contributed by atoms with E-state index in [1.54, 1.807) is 4.90 Å². The standard InChI is InChI=1S/C17H22FN3O6S/c18-13-3-1-12(2-4-13)16(24)19-14(5-6-15(22)23)17(25)21-9-7-20(8-10-21)11-28(26)27/h1-4,14,28H,5-11H2,(H,19,24)(H,22,23)/t14-/m0/s1. The molecule has 1 heterocycles. The van der Waals surface area contributed by atoms with Crippen molar-refractivity contribution in [2.24, 2.45) is 0 Å². The van der Waals surface area contributed by atoms with Crippen molar-refractivity contribution in [3.05, 3.63) is 35.6 Å². The first kappa shape index (κ1) is 21.8. The molecule has 0 aromatic heterocycles. The zero-order chi connectivity index (χ0) is 20.7. The van der Waals surface area contributed by atoms with Crippen molar-refractivity contribution in [2.75, 3.05) is 32.1 Å². The molecule has 2 amide bonds. The lowest BCUT2D eigenvalue weighted by Gasteiger charge is -2.35. The van der Waals surface area contributed by atoms with Crippen LogP contribution in [0, 0.1) is 5.82 Å². The molecule has 154 valence electrons. The second-order valence-corrected chi connectivity index (χ2v) is 7.33. The zero-order valence-electron chi connectivity index (χ0n) is 15.0. The van der Waals surface area contributed by atoms with Crippen molar-refractivity contribution in [1.82, 2.24) is 15.1 Å². The van der Waals surface area contributed by atoms with Gasteiger partial charge in [0.15, 0.2) is 10.7 Å². The number of thiol groups is 1. The lowest BCUT2D eigenvalue weighted by molar-refractivity contribution is -0.138. The molecule has 1 atom stereocenters. The van der Waals surface area contributed by atoms with Crippen LogP contribution in [0.25, 0.3) is 0 Å². The largest absolute Gasteiger partial charge is 0.481 e. The SMILES string of the molecule is O=C(O)CC[C@H](NC(=O)c1ccc(F)cc1)C(=O)N1CCN(C[SH](=O)=O)CC1. The van der Waals surface area contributed by atoms with Gasteiger partial charge in [-0.05, 0) is 30.7 Å². The minimum Gasteiger partial charge on any atom is -0.481 e. The van der Waals surface area contributed by atoms with Crippen molar-refractivity contribution in [3.63, 3.8) is 0 Å². The minimum absolute atomic E-state index is 0.0822. The van der Waals surface area contributed by atoms with Gasteiger partial charge in [0.25, 0.3) is 5.91 Å². The average Bonchev–Trinajstić information content (AvgIpc) is 2.65. The van der Waals surface area contributed by atoms with E-state index in [0.29, 0.717) is 13.1 Å². The highest BCUT2D eigenvalue weighted by atomic mass is 32.2. The third-order valence-electron chi connectivity index (χ3n) is 4.36. The summed E-state index contributed by atoms with van der Waals surface area (Å²) in [6.45, 7) is 1.29. The van der Waals surface area contributed by atoms with Gasteiger partial charge in [-0.3, -0.25) is 19.3 Å². The topological polar surface area (TPSA) is 124 Å². The van der Waals surface area contributed by atoms with E-state index >= 15 is 0 Å². The number of amides is 2. The molecule has 0 unspecified atom stereocenters. The van der Waals surface area contributed by atoms with E-state index in [1.807, 2.05) is 0 Å². The second-order valence-electron chi connectivity index (χ2n) is 6.38. The fraction of sp³-hybridized carbons (Fsp3) is 0.471. The maximum Gasteiger partial charge on any atom is 0.303 e. The Morgan fingerprint density at radius 2 is 1.71 bits per heavy atom. The van der Waals surface area contributed by atoms with Gasteiger partial charge in [-0.25, -0.2) is 12.8 Å². The number of hydrogen-bond acceptors (Lipinski definition) is 6. The molecular weight excluding hydrogens is 393 g/mol. The first-order valence-corrected chi connectivity index (χ1v) is 10.0. The number of halogens is 1. The lowest BCUT2D eigenvalue weighted by atomic mass is 10.1. The van der Waals surface area contributed by atoms with Gasteiger partial charge in [-0.2, -0.15) is 0 Å². The third kappa shape index (κ3) is 6.57. The molecule has 1 saturated heterocycles. The first-order chi connectivity index (χ1) is 13.3. The highest BCUT2D eigenvalue weighted by Gasteiger charge is 2.29. The molecule has 1 fully saturated rings. The van der Waals surface area contributed by atoms with E-state index in [2.05, 4.69) is 5.32 Å². The highest BCUT2D eigenvalue weighted by molar-refractivity contribution is 7.72. The number of nitrogens with one attached hydrogen (secondary N) is 1. The van der Waals surface area contributed by atoms with Crippen LogP contribution in [0.15, 0.2) is 24.3 Å². The average molecular weight is 415 g/mol. The number of carboxylic acids is 1. The number of piperazine rings is 1. The predicted molar refractivity (Wildman–Crippen MR) is 97.9 cm³/mol. The summed E-state index contributed by atoms with van der Waals surface area (Å²) in [7, 11) is -2.54. The van der Waals surface area contributed by atoms with E-state index in [9.17, 15) is 27.2 Å². The van der Waals surface area contributed by atoms with Gasteiger partial charge >= 0.3 is 5.97 Å². The van der Waals surface area contributed by atoms with E-state index in [4.69, 9.17) is 5.11 Å². The molecule has 1 aromatic rings. The predicted octanol–water partition coefficient (Wildman–Crippen LogP) is -0.498. The van der Waals surface area contributed by atoms with Crippen LogP contribution in [0.5, 0.6) is 0 Å². The summed E-state index contributed by atoms with van der Waals surface area (Å²) >= 11 is 0. The van der Waals surface area contributed by atoms with Crippen LogP contribution in [0.2, 0.25) is 0 Å². The Bertz CT molecular complexity index is 783. The van der Waals surface area contributed by atoms with Crippen molar-refractivity contribution in [1.29, 1.82) is 0 Å². The van der Waals surface area contributed by atoms with Gasteiger partial charge in [0.2, 0.25) is 5.91 Å². The van der Waals surface area contributed by atoms with Crippen LogP contribution >= 0.6 is 0 Å². The number of aliphatic carboxylic acids is 1. The molecule has 0 bridgehead atoms. The molecular formula is C17H22FN3O6S. The number of carbonyl (C=O) groups is 3. The van der Waals surface area contributed by atoms with Gasteiger partial charge in [0.1, 0.15) is 11.9 Å². The molecule has 0 aliphatic carbocycles. The normalized spacial score (nSPS) is 16.0. The van der Waals surface area contributed by atoms with Gasteiger partial charge < -0.3 is 15.3 Å². The minimum atomic E-state index is -2.54. The third-order valence-corrected chi connectivity index (χ3v) is 4.99. The molecule has 1 aliphatic rings. The van der Waals surface area contributed by atoms with Crippen LogP contribution in [-0.2, 0) is 20.3 Å². The number of carboxylic acid groups (broad SMARTS) is 1. The van der Waals surface area contributed by atoms with Crippen LogP contribution < -0.4 is 5.32 Å². The molecule has 9 nitrogen and oxygen atoms in total. The van der Waals surface area contributed by atoms with Gasteiger partial charge in [0.05, 0.1) is 5.88 Å². The summed E-state index contributed by atoms with van der Waals surface area (Å²) in [6, 6.07) is 3.72. The van der Waals surface area contributed by atoms with Crippen LogP contribution in [0.3, 0.4) is 0 Å². The van der Waals surface area contributed by atoms with Crippen LogP contribution in [0.1, 0.15) is 23.2 Å². The lowest BCUT2D eigenvalue weighted by Crippen LogP contribution is -2.55. The Labute approximate surface area is 163 Å². The quantitative estimate of drug-likeness (QED) is 0.489. The monoisotopic (exact) mass is 415 g/mol. The fourth-order valence-corrected chi connectivity index (χ4v) is 3.47. The molecule has 0 radical (unpaired) electrons. The van der Waals surface area contributed by atoms with Crippen molar-refractivity contribution >= 4 is 28.5 Å². The smallest absolute Gasteiger partial charge is 0.303 e. The summed E-state index contributed by atoms with van der Waals surface area (Å²) in [4.78, 5) is 39.2. The number of hydrogen-bond donors (Lipinski definition) is 3. The Morgan fingerprint density at radius 1 is 1.11 bits per heavy atom. The molecule has 2 N–H and O–H groups in total. The molecule has 2 rings (SSSR count). The number of rotatable bonds is 8. The summed E-state index contributed by atoms with van der Waals surface area (Å²) in [5.74, 6) is -2.72. The Balaban J connectivity index is 2.03. The van der Waals surface area contributed by atoms with E-state index in [1.165, 1.54) is 17.0 Å². The van der Waals surface area contributed by atoms with Gasteiger partial charge in [-0.15, -0.1) is 0 Å². The zero-order valence-corrected chi connectivity index (χ0v) is 15.9. The molecule has 11 heteroatoms. The van der Waals surface area contributed by atoms with Gasteiger partial charge in [0, 0.05) is 38.2 Å². The molecule has 1 aliphatic heterocycles. The van der Waals surface area contributed by atoms with E-state index in [-0.39, 0.29) is 37.4 Å². The Kier molecular flexibility index (Phi) is 7.88. The summed E-state index contributed by atoms with van der Waals surface area (Å²) < 4.78 is 34.6. The highest BCUT2D eigenvalue weighted by Crippen LogP contribution is 2.10. The molecule has 0 saturated carbocycles. The summed E-state index contributed by atoms with van der Waals surface area (Å²) in [5, 5.41) is 11.4. The van der Waals surface area contributed by atoms with Crippen molar-refractivity contribution < 1.29 is 32.3 Å². The van der Waals surface area contributed by atoms with Crippen LogP contribution in [0.4, 0.5) is 4.39 Å². The summed E-state index contributed by atoms with van der Waals surface area (Å²) in [6.07, 6.45) is -0.398. The molecule has 28 heavy (non-hydrogen) atoms. The number of benzene rings is 1. The number of carbonyl (C=O) groups excluding carboxylic acids is 2. The van der Waals surface area contributed by atoms with Crippen molar-refractivity contribution in [2.45, 2.75) is 18.9 Å².